The molecule has 1 N–H and O–H groups in total. The highest BCUT2D eigenvalue weighted by Crippen LogP contribution is 2.21. The van der Waals surface area contributed by atoms with E-state index in [0.29, 0.717) is 5.95 Å². The van der Waals surface area contributed by atoms with Crippen molar-refractivity contribution in [3.05, 3.63) is 53.6 Å². The van der Waals surface area contributed by atoms with Gasteiger partial charge in [-0.3, -0.25) is 10.1 Å². The largest absolute Gasteiger partial charge is 0.483 e. The molecule has 3 rings (SSSR count). The van der Waals surface area contributed by atoms with E-state index in [9.17, 15) is 4.79 Å². The number of benzene rings is 2. The van der Waals surface area contributed by atoms with E-state index in [4.69, 9.17) is 4.74 Å². The summed E-state index contributed by atoms with van der Waals surface area (Å²) >= 11 is 0. The smallest absolute Gasteiger partial charge is 0.264 e. The van der Waals surface area contributed by atoms with Gasteiger partial charge in [-0.25, -0.2) is 4.98 Å². The minimum atomic E-state index is -0.232. The number of nitrogens with zero attached hydrogens (tertiary/aromatic N) is 2. The van der Waals surface area contributed by atoms with Gasteiger partial charge in [0.15, 0.2) is 6.61 Å². The number of aryl methyl sites for hydroxylation is 2. The van der Waals surface area contributed by atoms with Crippen LogP contribution in [0.4, 0.5) is 5.95 Å². The van der Waals surface area contributed by atoms with Gasteiger partial charge in [0.2, 0.25) is 5.95 Å². The number of fused-ring (bicyclic) bond motifs is 1. The maximum atomic E-state index is 12.1. The monoisotopic (exact) mass is 309 g/mol. The molecule has 0 radical (unpaired) electrons. The number of hydrogen-bond acceptors (Lipinski definition) is 3. The van der Waals surface area contributed by atoms with Crippen LogP contribution in [0.15, 0.2) is 42.5 Å². The zero-order chi connectivity index (χ0) is 16.4. The molecule has 0 spiro atoms. The third-order valence-corrected chi connectivity index (χ3v) is 3.95. The Balaban J connectivity index is 1.69. The summed E-state index contributed by atoms with van der Waals surface area (Å²) in [4.78, 5) is 16.5. The van der Waals surface area contributed by atoms with Crippen LogP contribution in [-0.4, -0.2) is 22.1 Å². The highest BCUT2D eigenvalue weighted by atomic mass is 16.5. The Morgan fingerprint density at radius 1 is 1.17 bits per heavy atom. The molecule has 0 aliphatic rings. The molecule has 3 aromatic rings. The topological polar surface area (TPSA) is 56.1 Å². The highest BCUT2D eigenvalue weighted by Gasteiger charge is 2.11. The number of hydrogen-bond donors (Lipinski definition) is 1. The molecule has 118 valence electrons. The predicted molar refractivity (Wildman–Crippen MR) is 90.8 cm³/mol. The molecule has 0 saturated carbocycles. The maximum absolute atomic E-state index is 12.1. The van der Waals surface area contributed by atoms with Crippen molar-refractivity contribution in [1.82, 2.24) is 9.55 Å². The van der Waals surface area contributed by atoms with Crippen LogP contribution in [-0.2, 0) is 11.8 Å². The van der Waals surface area contributed by atoms with Crippen molar-refractivity contribution < 1.29 is 9.53 Å². The zero-order valence-electron chi connectivity index (χ0n) is 13.5. The van der Waals surface area contributed by atoms with E-state index in [1.807, 2.05) is 67.9 Å². The summed E-state index contributed by atoms with van der Waals surface area (Å²) in [6.45, 7) is 3.95. The predicted octanol–water partition coefficient (Wildman–Crippen LogP) is 3.21. The normalized spacial score (nSPS) is 10.7. The van der Waals surface area contributed by atoms with Crippen LogP contribution in [0.2, 0.25) is 0 Å². The van der Waals surface area contributed by atoms with Crippen molar-refractivity contribution in [1.29, 1.82) is 0 Å². The van der Waals surface area contributed by atoms with Gasteiger partial charge in [-0.05, 0) is 43.2 Å². The van der Waals surface area contributed by atoms with E-state index < -0.39 is 0 Å². The molecule has 1 heterocycles. The lowest BCUT2D eigenvalue weighted by atomic mass is 10.1. The van der Waals surface area contributed by atoms with Crippen LogP contribution in [0.5, 0.6) is 5.75 Å². The van der Waals surface area contributed by atoms with Crippen LogP contribution in [0, 0.1) is 13.8 Å². The minimum absolute atomic E-state index is 0.0481. The number of imidazole rings is 1. The third-order valence-electron chi connectivity index (χ3n) is 3.95. The van der Waals surface area contributed by atoms with Gasteiger partial charge in [0.05, 0.1) is 11.0 Å². The molecule has 0 atom stereocenters. The average Bonchev–Trinajstić information content (AvgIpc) is 2.85. The SMILES string of the molecule is Cc1cccc(OCC(=O)Nc2nc3ccccc3n2C)c1C. The number of ether oxygens (including phenoxy) is 1. The Kier molecular flexibility index (Phi) is 4.02. The third kappa shape index (κ3) is 3.04. The van der Waals surface area contributed by atoms with Gasteiger partial charge in [-0.2, -0.15) is 0 Å². The van der Waals surface area contributed by atoms with Gasteiger partial charge >= 0.3 is 0 Å². The summed E-state index contributed by atoms with van der Waals surface area (Å²) in [5, 5.41) is 2.79. The van der Waals surface area contributed by atoms with Crippen molar-refractivity contribution in [2.45, 2.75) is 13.8 Å². The van der Waals surface area contributed by atoms with Gasteiger partial charge in [-0.15, -0.1) is 0 Å². The molecular weight excluding hydrogens is 290 g/mol. The van der Waals surface area contributed by atoms with E-state index in [-0.39, 0.29) is 12.5 Å². The maximum Gasteiger partial charge on any atom is 0.264 e. The van der Waals surface area contributed by atoms with Crippen molar-refractivity contribution in [3.8, 4) is 5.75 Å². The van der Waals surface area contributed by atoms with Crippen LogP contribution in [0.25, 0.3) is 11.0 Å². The van der Waals surface area contributed by atoms with E-state index in [2.05, 4.69) is 10.3 Å². The fraction of sp³-hybridized carbons (Fsp3) is 0.222. The van der Waals surface area contributed by atoms with Gasteiger partial charge in [0, 0.05) is 7.05 Å². The summed E-state index contributed by atoms with van der Waals surface area (Å²) in [5.74, 6) is 1.01. The van der Waals surface area contributed by atoms with Crippen molar-refractivity contribution in [2.24, 2.45) is 7.05 Å². The minimum Gasteiger partial charge on any atom is -0.483 e. The lowest BCUT2D eigenvalue weighted by Crippen LogP contribution is -2.22. The number of para-hydroxylation sites is 2. The molecule has 0 fully saturated rings. The molecule has 0 saturated heterocycles. The van der Waals surface area contributed by atoms with Crippen LogP contribution in [0.3, 0.4) is 0 Å². The molecule has 1 amide bonds. The number of carbonyl (C=O) groups is 1. The summed E-state index contributed by atoms with van der Waals surface area (Å²) in [6, 6.07) is 13.5. The van der Waals surface area contributed by atoms with Crippen molar-refractivity contribution in [3.63, 3.8) is 0 Å². The lowest BCUT2D eigenvalue weighted by Gasteiger charge is -2.10. The van der Waals surface area contributed by atoms with Gasteiger partial charge in [-0.1, -0.05) is 24.3 Å². The fourth-order valence-corrected chi connectivity index (χ4v) is 2.44. The summed E-state index contributed by atoms with van der Waals surface area (Å²) < 4.78 is 7.47. The molecule has 0 unspecified atom stereocenters. The number of carbonyl (C=O) groups excluding carboxylic acids is 1. The van der Waals surface area contributed by atoms with Gasteiger partial charge in [0.1, 0.15) is 5.75 Å². The Bertz CT molecular complexity index is 868. The first-order chi connectivity index (χ1) is 11.1. The Morgan fingerprint density at radius 2 is 1.96 bits per heavy atom. The van der Waals surface area contributed by atoms with E-state index in [0.717, 1.165) is 27.9 Å². The summed E-state index contributed by atoms with van der Waals surface area (Å²) in [6.07, 6.45) is 0. The first-order valence-corrected chi connectivity index (χ1v) is 7.46. The van der Waals surface area contributed by atoms with Crippen molar-refractivity contribution >= 4 is 22.9 Å². The number of anilines is 1. The van der Waals surface area contributed by atoms with Gasteiger partial charge in [0.25, 0.3) is 5.91 Å². The van der Waals surface area contributed by atoms with Crippen LogP contribution >= 0.6 is 0 Å². The van der Waals surface area contributed by atoms with Crippen LogP contribution < -0.4 is 10.1 Å². The van der Waals surface area contributed by atoms with E-state index in [1.165, 1.54) is 0 Å². The molecule has 23 heavy (non-hydrogen) atoms. The van der Waals surface area contributed by atoms with E-state index >= 15 is 0 Å². The standard InChI is InChI=1S/C18H19N3O2/c1-12-7-6-10-16(13(12)2)23-11-17(22)20-18-19-14-8-4-5-9-15(14)21(18)3/h4-10H,11H2,1-3H3,(H,19,20,22). The fourth-order valence-electron chi connectivity index (χ4n) is 2.44. The molecule has 5 nitrogen and oxygen atoms in total. The molecule has 5 heteroatoms. The number of rotatable bonds is 4. The molecular formula is C18H19N3O2. The lowest BCUT2D eigenvalue weighted by molar-refractivity contribution is -0.118. The van der Waals surface area contributed by atoms with E-state index in [1.54, 1.807) is 0 Å². The molecule has 2 aromatic carbocycles. The number of nitrogens with one attached hydrogen (secondary N) is 1. The number of amides is 1. The second kappa shape index (κ2) is 6.12. The second-order valence-corrected chi connectivity index (χ2v) is 5.52. The highest BCUT2D eigenvalue weighted by molar-refractivity contribution is 5.92. The Hall–Kier alpha value is -2.82. The summed E-state index contributed by atoms with van der Waals surface area (Å²) in [7, 11) is 1.87. The average molecular weight is 309 g/mol. The molecule has 0 bridgehead atoms. The Morgan fingerprint density at radius 3 is 2.74 bits per heavy atom. The van der Waals surface area contributed by atoms with Crippen molar-refractivity contribution in [2.75, 3.05) is 11.9 Å². The summed E-state index contributed by atoms with van der Waals surface area (Å²) in [5.41, 5.74) is 4.00. The first-order valence-electron chi connectivity index (χ1n) is 7.46. The zero-order valence-corrected chi connectivity index (χ0v) is 13.5. The van der Waals surface area contributed by atoms with Gasteiger partial charge < -0.3 is 9.30 Å². The Labute approximate surface area is 134 Å². The van der Waals surface area contributed by atoms with Crippen LogP contribution in [0.1, 0.15) is 11.1 Å². The molecule has 0 aliphatic heterocycles. The quantitative estimate of drug-likeness (QED) is 0.805. The number of aromatic nitrogens is 2. The molecule has 1 aromatic heterocycles. The second-order valence-electron chi connectivity index (χ2n) is 5.52. The molecule has 0 aliphatic carbocycles. The first kappa shape index (κ1) is 15.1.